The molecule has 0 aliphatic carbocycles. The number of benzene rings is 1. The average molecular weight is 299 g/mol. The van der Waals surface area contributed by atoms with Gasteiger partial charge in [-0.3, -0.25) is 4.79 Å². The van der Waals surface area contributed by atoms with Gasteiger partial charge in [-0.2, -0.15) is 0 Å². The molecule has 0 spiro atoms. The number of carbonyl (C=O) groups is 1. The maximum Gasteiger partial charge on any atom is 0.205 e. The second-order valence-electron chi connectivity index (χ2n) is 4.80. The molecule has 0 saturated heterocycles. The molecule has 1 aromatic carbocycles. The molecule has 4 heteroatoms. The standard InChI is InChI=1S/C17H17NO2S/c1-3-11-7-8-21-17(11)16(19)14-10-18-15-6-5-12(20-4-2)9-13(14)15/h5-10,18H,3-4H2,1-2H3. The molecule has 0 fully saturated rings. The van der Waals surface area contributed by atoms with Gasteiger partial charge < -0.3 is 9.72 Å². The van der Waals surface area contributed by atoms with Gasteiger partial charge in [0, 0.05) is 22.7 Å². The van der Waals surface area contributed by atoms with E-state index in [0.717, 1.165) is 33.5 Å². The van der Waals surface area contributed by atoms with Crippen molar-refractivity contribution in [2.75, 3.05) is 6.61 Å². The Balaban J connectivity index is 2.07. The monoisotopic (exact) mass is 299 g/mol. The van der Waals surface area contributed by atoms with Crippen molar-refractivity contribution in [3.63, 3.8) is 0 Å². The molecule has 3 aromatic rings. The second-order valence-corrected chi connectivity index (χ2v) is 5.72. The summed E-state index contributed by atoms with van der Waals surface area (Å²) in [5.74, 6) is 0.877. The summed E-state index contributed by atoms with van der Waals surface area (Å²) in [5, 5.41) is 2.90. The third-order valence-electron chi connectivity index (χ3n) is 3.54. The van der Waals surface area contributed by atoms with E-state index in [9.17, 15) is 4.79 Å². The summed E-state index contributed by atoms with van der Waals surface area (Å²) in [7, 11) is 0. The van der Waals surface area contributed by atoms with Crippen LogP contribution in [0.5, 0.6) is 5.75 Å². The molecule has 0 saturated carbocycles. The Hall–Kier alpha value is -2.07. The highest BCUT2D eigenvalue weighted by Gasteiger charge is 2.18. The van der Waals surface area contributed by atoms with E-state index in [0.29, 0.717) is 12.2 Å². The number of ether oxygens (including phenoxy) is 1. The quantitative estimate of drug-likeness (QED) is 0.708. The maximum atomic E-state index is 12.8. The molecule has 1 N–H and O–H groups in total. The Morgan fingerprint density at radius 2 is 2.14 bits per heavy atom. The Labute approximate surface area is 127 Å². The number of carbonyl (C=O) groups excluding carboxylic acids is 1. The van der Waals surface area contributed by atoms with Gasteiger partial charge in [-0.05, 0) is 48.6 Å². The molecule has 108 valence electrons. The normalized spacial score (nSPS) is 11.0. The number of ketones is 1. The third kappa shape index (κ3) is 2.47. The van der Waals surface area contributed by atoms with Crippen molar-refractivity contribution in [3.8, 4) is 5.75 Å². The van der Waals surface area contributed by atoms with Gasteiger partial charge in [0.05, 0.1) is 11.5 Å². The number of thiophene rings is 1. The highest BCUT2D eigenvalue weighted by Crippen LogP contribution is 2.28. The number of aromatic amines is 1. The smallest absolute Gasteiger partial charge is 0.205 e. The van der Waals surface area contributed by atoms with E-state index in [1.54, 1.807) is 6.20 Å². The number of hydrogen-bond donors (Lipinski definition) is 1. The minimum absolute atomic E-state index is 0.0850. The highest BCUT2D eigenvalue weighted by atomic mass is 32.1. The molecule has 0 aliphatic rings. The number of hydrogen-bond acceptors (Lipinski definition) is 3. The lowest BCUT2D eigenvalue weighted by Crippen LogP contribution is -2.01. The molecule has 0 unspecified atom stereocenters. The summed E-state index contributed by atoms with van der Waals surface area (Å²) in [6, 6.07) is 7.83. The van der Waals surface area contributed by atoms with Gasteiger partial charge in [0.2, 0.25) is 5.78 Å². The summed E-state index contributed by atoms with van der Waals surface area (Å²) < 4.78 is 5.53. The molecule has 0 aliphatic heterocycles. The zero-order chi connectivity index (χ0) is 14.8. The first-order valence-electron chi connectivity index (χ1n) is 7.09. The predicted octanol–water partition coefficient (Wildman–Crippen LogP) is 4.42. The lowest BCUT2D eigenvalue weighted by atomic mass is 10.0. The number of aromatic nitrogens is 1. The van der Waals surface area contributed by atoms with E-state index >= 15 is 0 Å². The fourth-order valence-corrected chi connectivity index (χ4v) is 3.43. The van der Waals surface area contributed by atoms with Gasteiger partial charge in [0.1, 0.15) is 5.75 Å². The predicted molar refractivity (Wildman–Crippen MR) is 86.6 cm³/mol. The van der Waals surface area contributed by atoms with E-state index in [4.69, 9.17) is 4.74 Å². The Kier molecular flexibility index (Phi) is 3.80. The topological polar surface area (TPSA) is 42.1 Å². The largest absolute Gasteiger partial charge is 0.494 e. The molecule has 0 amide bonds. The van der Waals surface area contributed by atoms with Crippen LogP contribution in [-0.4, -0.2) is 17.4 Å². The number of fused-ring (bicyclic) bond motifs is 1. The Morgan fingerprint density at radius 3 is 2.90 bits per heavy atom. The molecule has 0 radical (unpaired) electrons. The average Bonchev–Trinajstić information content (AvgIpc) is 3.13. The minimum atomic E-state index is 0.0850. The zero-order valence-electron chi connectivity index (χ0n) is 12.1. The van der Waals surface area contributed by atoms with Crippen molar-refractivity contribution < 1.29 is 9.53 Å². The van der Waals surface area contributed by atoms with E-state index < -0.39 is 0 Å². The van der Waals surface area contributed by atoms with Gasteiger partial charge in [-0.15, -0.1) is 11.3 Å². The molecule has 0 bridgehead atoms. The minimum Gasteiger partial charge on any atom is -0.494 e. The van der Waals surface area contributed by atoms with E-state index in [2.05, 4.69) is 11.9 Å². The third-order valence-corrected chi connectivity index (χ3v) is 4.50. The fraction of sp³-hybridized carbons (Fsp3) is 0.235. The van der Waals surface area contributed by atoms with Gasteiger partial charge >= 0.3 is 0 Å². The lowest BCUT2D eigenvalue weighted by Gasteiger charge is -2.04. The zero-order valence-corrected chi connectivity index (χ0v) is 12.9. The fourth-order valence-electron chi connectivity index (χ4n) is 2.48. The van der Waals surface area contributed by atoms with Crippen LogP contribution in [0.25, 0.3) is 10.9 Å². The van der Waals surface area contributed by atoms with E-state index in [1.807, 2.05) is 36.6 Å². The SMILES string of the molecule is CCOc1ccc2[nH]cc(C(=O)c3sccc3CC)c2c1. The molecule has 2 aromatic heterocycles. The van der Waals surface area contributed by atoms with Crippen molar-refractivity contribution in [1.82, 2.24) is 4.98 Å². The maximum absolute atomic E-state index is 12.8. The molecule has 2 heterocycles. The van der Waals surface area contributed by atoms with E-state index in [-0.39, 0.29) is 5.78 Å². The van der Waals surface area contributed by atoms with Gasteiger partial charge in [0.15, 0.2) is 0 Å². The molecular formula is C17H17NO2S. The van der Waals surface area contributed by atoms with Crippen LogP contribution in [0.1, 0.15) is 34.6 Å². The van der Waals surface area contributed by atoms with Crippen molar-refractivity contribution in [2.45, 2.75) is 20.3 Å². The van der Waals surface area contributed by atoms with Crippen LogP contribution in [0.2, 0.25) is 0 Å². The number of aryl methyl sites for hydroxylation is 1. The van der Waals surface area contributed by atoms with Gasteiger partial charge in [-0.25, -0.2) is 0 Å². The van der Waals surface area contributed by atoms with Crippen molar-refractivity contribution in [2.24, 2.45) is 0 Å². The van der Waals surface area contributed by atoms with E-state index in [1.165, 1.54) is 11.3 Å². The van der Waals surface area contributed by atoms with Crippen molar-refractivity contribution in [3.05, 3.63) is 51.8 Å². The molecule has 3 rings (SSSR count). The molecular weight excluding hydrogens is 282 g/mol. The van der Waals surface area contributed by atoms with Crippen LogP contribution in [0.4, 0.5) is 0 Å². The summed E-state index contributed by atoms with van der Waals surface area (Å²) in [6.45, 7) is 4.64. The van der Waals surface area contributed by atoms with Crippen LogP contribution in [0.3, 0.4) is 0 Å². The highest BCUT2D eigenvalue weighted by molar-refractivity contribution is 7.12. The summed E-state index contributed by atoms with van der Waals surface area (Å²) in [6.07, 6.45) is 2.67. The summed E-state index contributed by atoms with van der Waals surface area (Å²) in [4.78, 5) is 16.8. The number of nitrogens with one attached hydrogen (secondary N) is 1. The van der Waals surface area contributed by atoms with Crippen LogP contribution < -0.4 is 4.74 Å². The summed E-state index contributed by atoms with van der Waals surface area (Å²) >= 11 is 1.51. The van der Waals surface area contributed by atoms with Crippen LogP contribution >= 0.6 is 11.3 Å². The first kappa shape index (κ1) is 13.9. The van der Waals surface area contributed by atoms with Crippen molar-refractivity contribution in [1.29, 1.82) is 0 Å². The first-order chi connectivity index (χ1) is 10.2. The second kappa shape index (κ2) is 5.74. The van der Waals surface area contributed by atoms with Crippen LogP contribution in [0.15, 0.2) is 35.8 Å². The first-order valence-corrected chi connectivity index (χ1v) is 7.97. The lowest BCUT2D eigenvalue weighted by molar-refractivity contribution is 0.104. The Bertz CT molecular complexity index is 785. The number of rotatable bonds is 5. The number of H-pyrrole nitrogens is 1. The van der Waals surface area contributed by atoms with Gasteiger partial charge in [0.25, 0.3) is 0 Å². The van der Waals surface area contributed by atoms with Crippen molar-refractivity contribution >= 4 is 28.0 Å². The van der Waals surface area contributed by atoms with Gasteiger partial charge in [-0.1, -0.05) is 6.92 Å². The molecule has 0 atom stereocenters. The van der Waals surface area contributed by atoms with Crippen LogP contribution in [-0.2, 0) is 6.42 Å². The molecule has 21 heavy (non-hydrogen) atoms. The summed E-state index contributed by atoms with van der Waals surface area (Å²) in [5.41, 5.74) is 2.78. The molecule has 3 nitrogen and oxygen atoms in total. The van der Waals surface area contributed by atoms with Crippen LogP contribution in [0, 0.1) is 0 Å². The Morgan fingerprint density at radius 1 is 1.29 bits per heavy atom.